The number of aromatic nitrogens is 1. The van der Waals surface area contributed by atoms with Crippen molar-refractivity contribution in [3.8, 4) is 5.75 Å². The number of aryl methyl sites for hydroxylation is 1. The van der Waals surface area contributed by atoms with Gasteiger partial charge in [0.25, 0.3) is 5.91 Å². The largest absolute Gasteiger partial charge is 0.508 e. The van der Waals surface area contributed by atoms with Crippen LogP contribution in [0.1, 0.15) is 34.6 Å². The number of hydrogen-bond acceptors (Lipinski definition) is 7. The van der Waals surface area contributed by atoms with Crippen LogP contribution in [-0.2, 0) is 0 Å². The van der Waals surface area contributed by atoms with Gasteiger partial charge in [0, 0.05) is 23.9 Å². The van der Waals surface area contributed by atoms with Gasteiger partial charge < -0.3 is 26.6 Å². The number of aliphatic hydroxyl groups excluding tert-OH is 1. The maximum Gasteiger partial charge on any atom is 0.267 e. The number of aromatic hydroxyl groups is 1. The Labute approximate surface area is 167 Å². The smallest absolute Gasteiger partial charge is 0.267 e. The molecule has 8 nitrogen and oxygen atoms in total. The SMILES string of the molecule is CC(=C/NCC(C)O)/C(N)=N\c1ncc(C(=O)Nc2c(C)ccc(O)c2C)s1. The first-order valence-corrected chi connectivity index (χ1v) is 9.49. The van der Waals surface area contributed by atoms with E-state index >= 15 is 0 Å². The molecule has 1 unspecified atom stereocenters. The Morgan fingerprint density at radius 1 is 1.43 bits per heavy atom. The average molecular weight is 404 g/mol. The third-order valence-corrected chi connectivity index (χ3v) is 4.84. The number of phenolic OH excluding ortho intramolecular Hbond substituents is 1. The van der Waals surface area contributed by atoms with E-state index < -0.39 is 6.10 Å². The standard InChI is InChI=1S/C19H25N5O3S/c1-10-5-6-14(26)13(4)16(10)23-18(27)15-9-22-19(28-15)24-17(20)11(2)7-21-8-12(3)25/h5-7,9,12,21,25-26H,8H2,1-4H3,(H,23,27)(H2,20,22,24)/b11-7-. The monoisotopic (exact) mass is 403 g/mol. The molecule has 1 heterocycles. The molecule has 0 spiro atoms. The summed E-state index contributed by atoms with van der Waals surface area (Å²) in [6.45, 7) is 7.45. The van der Waals surface area contributed by atoms with E-state index in [1.807, 2.05) is 6.92 Å². The van der Waals surface area contributed by atoms with Gasteiger partial charge in [-0.25, -0.2) is 9.98 Å². The van der Waals surface area contributed by atoms with Crippen LogP contribution in [0.15, 0.2) is 35.1 Å². The summed E-state index contributed by atoms with van der Waals surface area (Å²) in [7, 11) is 0. The molecule has 28 heavy (non-hydrogen) atoms. The molecule has 2 aromatic rings. The number of amidine groups is 1. The van der Waals surface area contributed by atoms with Gasteiger partial charge in [0.1, 0.15) is 16.5 Å². The Balaban J connectivity index is 2.11. The highest BCUT2D eigenvalue weighted by molar-refractivity contribution is 7.17. The van der Waals surface area contributed by atoms with E-state index in [9.17, 15) is 15.0 Å². The van der Waals surface area contributed by atoms with Crippen molar-refractivity contribution in [1.29, 1.82) is 0 Å². The minimum Gasteiger partial charge on any atom is -0.508 e. The number of nitrogens with zero attached hydrogens (tertiary/aromatic N) is 2. The molecule has 6 N–H and O–H groups in total. The summed E-state index contributed by atoms with van der Waals surface area (Å²) in [5.74, 6) is 0.0500. The first kappa shape index (κ1) is 21.4. The Hall–Kier alpha value is -2.91. The number of carbonyl (C=O) groups is 1. The zero-order chi connectivity index (χ0) is 20.8. The fourth-order valence-electron chi connectivity index (χ4n) is 2.27. The van der Waals surface area contributed by atoms with Crippen molar-refractivity contribution in [1.82, 2.24) is 10.3 Å². The summed E-state index contributed by atoms with van der Waals surface area (Å²) in [4.78, 5) is 21.3. The molecule has 1 atom stereocenters. The quantitative estimate of drug-likeness (QED) is 0.356. The number of aliphatic hydroxyl groups is 1. The third-order valence-electron chi connectivity index (χ3n) is 3.95. The summed E-state index contributed by atoms with van der Waals surface area (Å²) < 4.78 is 0. The summed E-state index contributed by atoms with van der Waals surface area (Å²) in [6.07, 6.45) is 2.63. The Bertz CT molecular complexity index is 918. The molecule has 9 heteroatoms. The van der Waals surface area contributed by atoms with Crippen molar-refractivity contribution in [2.24, 2.45) is 10.7 Å². The van der Waals surface area contributed by atoms with Crippen LogP contribution in [0.3, 0.4) is 0 Å². The van der Waals surface area contributed by atoms with E-state index in [1.165, 1.54) is 6.20 Å². The second-order valence-corrected chi connectivity index (χ2v) is 7.45. The summed E-state index contributed by atoms with van der Waals surface area (Å²) in [6, 6.07) is 3.33. The number of hydrogen-bond donors (Lipinski definition) is 5. The van der Waals surface area contributed by atoms with Crippen LogP contribution < -0.4 is 16.4 Å². The molecular weight excluding hydrogens is 378 g/mol. The lowest BCUT2D eigenvalue weighted by Gasteiger charge is -2.11. The van der Waals surface area contributed by atoms with Gasteiger partial charge in [-0.15, -0.1) is 0 Å². The minimum absolute atomic E-state index is 0.120. The van der Waals surface area contributed by atoms with Crippen LogP contribution in [0.4, 0.5) is 10.8 Å². The molecule has 1 aromatic carbocycles. The number of carbonyl (C=O) groups excluding carboxylic acids is 1. The van der Waals surface area contributed by atoms with Crippen molar-refractivity contribution in [3.05, 3.63) is 46.1 Å². The maximum atomic E-state index is 12.5. The normalized spacial score (nSPS) is 13.3. The molecule has 1 amide bonds. The Morgan fingerprint density at radius 3 is 2.82 bits per heavy atom. The van der Waals surface area contributed by atoms with Gasteiger partial charge >= 0.3 is 0 Å². The number of amides is 1. The van der Waals surface area contributed by atoms with Gasteiger partial charge in [-0.1, -0.05) is 17.4 Å². The van der Waals surface area contributed by atoms with Gasteiger partial charge in [-0.05, 0) is 39.3 Å². The molecule has 0 aliphatic rings. The summed E-state index contributed by atoms with van der Waals surface area (Å²) in [5, 5.41) is 25.2. The van der Waals surface area contributed by atoms with E-state index in [4.69, 9.17) is 5.73 Å². The maximum absolute atomic E-state index is 12.5. The highest BCUT2D eigenvalue weighted by Crippen LogP contribution is 2.29. The fourth-order valence-corrected chi connectivity index (χ4v) is 2.97. The molecule has 0 saturated carbocycles. The molecule has 1 aromatic heterocycles. The summed E-state index contributed by atoms with van der Waals surface area (Å²) in [5.41, 5.74) is 8.66. The second kappa shape index (κ2) is 9.34. The predicted molar refractivity (Wildman–Crippen MR) is 112 cm³/mol. The number of nitrogens with two attached hydrogens (primary N) is 1. The molecule has 2 rings (SSSR count). The van der Waals surface area contributed by atoms with Crippen LogP contribution in [0.5, 0.6) is 5.75 Å². The van der Waals surface area contributed by atoms with Gasteiger partial charge in [-0.2, -0.15) is 0 Å². The van der Waals surface area contributed by atoms with Crippen molar-refractivity contribution >= 4 is 33.9 Å². The van der Waals surface area contributed by atoms with Crippen LogP contribution >= 0.6 is 11.3 Å². The number of anilines is 1. The number of nitrogens with one attached hydrogen (secondary N) is 2. The molecule has 150 valence electrons. The van der Waals surface area contributed by atoms with E-state index in [1.54, 1.807) is 39.1 Å². The lowest BCUT2D eigenvalue weighted by atomic mass is 10.1. The Morgan fingerprint density at radius 2 is 2.14 bits per heavy atom. The Kier molecular flexibility index (Phi) is 7.13. The topological polar surface area (TPSA) is 133 Å². The molecule has 0 aliphatic carbocycles. The van der Waals surface area contributed by atoms with Crippen molar-refractivity contribution in [3.63, 3.8) is 0 Å². The highest BCUT2D eigenvalue weighted by atomic mass is 32.1. The van der Waals surface area contributed by atoms with Crippen LogP contribution in [0.2, 0.25) is 0 Å². The van der Waals surface area contributed by atoms with Crippen LogP contribution in [0.25, 0.3) is 0 Å². The van der Waals surface area contributed by atoms with Gasteiger partial charge in [-0.3, -0.25) is 4.79 Å². The summed E-state index contributed by atoms with van der Waals surface area (Å²) >= 11 is 1.11. The number of thiazole rings is 1. The number of rotatable bonds is 7. The van der Waals surface area contributed by atoms with Crippen LogP contribution in [-0.4, -0.2) is 39.6 Å². The number of benzene rings is 1. The zero-order valence-corrected chi connectivity index (χ0v) is 17.1. The molecule has 0 radical (unpaired) electrons. The lowest BCUT2D eigenvalue weighted by Crippen LogP contribution is -2.22. The van der Waals surface area contributed by atoms with E-state index in [0.29, 0.717) is 33.4 Å². The molecule has 0 bridgehead atoms. The van der Waals surface area contributed by atoms with Crippen LogP contribution in [0, 0.1) is 13.8 Å². The second-order valence-electron chi connectivity index (χ2n) is 6.44. The third kappa shape index (κ3) is 5.54. The fraction of sp³-hybridized carbons (Fsp3) is 0.316. The van der Waals surface area contributed by atoms with E-state index in [-0.39, 0.29) is 17.5 Å². The predicted octanol–water partition coefficient (Wildman–Crippen LogP) is 2.58. The van der Waals surface area contributed by atoms with Gasteiger partial charge in [0.2, 0.25) is 5.13 Å². The molecule has 0 fully saturated rings. The minimum atomic E-state index is -0.471. The lowest BCUT2D eigenvalue weighted by molar-refractivity contribution is 0.103. The van der Waals surface area contributed by atoms with E-state index in [2.05, 4.69) is 20.6 Å². The molecule has 0 saturated heterocycles. The highest BCUT2D eigenvalue weighted by Gasteiger charge is 2.15. The zero-order valence-electron chi connectivity index (χ0n) is 16.3. The van der Waals surface area contributed by atoms with Crippen molar-refractivity contribution in [2.45, 2.75) is 33.8 Å². The van der Waals surface area contributed by atoms with Crippen molar-refractivity contribution in [2.75, 3.05) is 11.9 Å². The molecular formula is C19H25N5O3S. The van der Waals surface area contributed by atoms with Gasteiger partial charge in [0.15, 0.2) is 0 Å². The number of aliphatic imine (C=N–C) groups is 1. The first-order valence-electron chi connectivity index (χ1n) is 8.68. The average Bonchev–Trinajstić information content (AvgIpc) is 3.10. The molecule has 0 aliphatic heterocycles. The van der Waals surface area contributed by atoms with Crippen molar-refractivity contribution < 1.29 is 15.0 Å². The number of phenols is 1. The first-order chi connectivity index (χ1) is 13.2. The van der Waals surface area contributed by atoms with E-state index in [0.717, 1.165) is 16.9 Å². The van der Waals surface area contributed by atoms with Gasteiger partial charge in [0.05, 0.1) is 18.0 Å².